The molecule has 0 unspecified atom stereocenters. The molecule has 2 rings (SSSR count). The maximum atomic E-state index is 12.7. The molecule has 0 aromatic rings. The fourth-order valence-electron chi connectivity index (χ4n) is 4.01. The molecule has 0 saturated heterocycles. The SMILES string of the molecule is CCN(CC(=O)O)C1CC(NC(=O)N[C@H]2CCCC[C@H]2CC(F)(F)F)C1. The summed E-state index contributed by atoms with van der Waals surface area (Å²) in [5.74, 6) is -1.44. The monoisotopic (exact) mass is 379 g/mol. The number of likely N-dealkylation sites (N-methyl/N-ethyl adjacent to an activating group) is 1. The maximum absolute atomic E-state index is 12.7. The highest BCUT2D eigenvalue weighted by molar-refractivity contribution is 5.74. The number of nitrogens with zero attached hydrogens (tertiary/aromatic N) is 1. The number of halogens is 3. The number of rotatable bonds is 7. The predicted octanol–water partition coefficient (Wildman–Crippen LogP) is 2.73. The first-order valence-corrected chi connectivity index (χ1v) is 9.27. The smallest absolute Gasteiger partial charge is 0.389 e. The third kappa shape index (κ3) is 6.34. The molecule has 150 valence electrons. The molecule has 3 N–H and O–H groups in total. The van der Waals surface area contributed by atoms with E-state index >= 15 is 0 Å². The quantitative estimate of drug-likeness (QED) is 0.635. The van der Waals surface area contributed by atoms with Crippen molar-refractivity contribution >= 4 is 12.0 Å². The zero-order chi connectivity index (χ0) is 19.3. The number of alkyl halides is 3. The van der Waals surface area contributed by atoms with Crippen LogP contribution in [0, 0.1) is 5.92 Å². The first-order chi connectivity index (χ1) is 12.2. The van der Waals surface area contributed by atoms with Crippen molar-refractivity contribution in [1.82, 2.24) is 15.5 Å². The number of amides is 2. The number of carbonyl (C=O) groups excluding carboxylic acids is 1. The van der Waals surface area contributed by atoms with Crippen molar-refractivity contribution in [2.24, 2.45) is 5.92 Å². The van der Waals surface area contributed by atoms with E-state index in [4.69, 9.17) is 5.11 Å². The molecule has 26 heavy (non-hydrogen) atoms. The Labute approximate surface area is 151 Å². The van der Waals surface area contributed by atoms with Crippen molar-refractivity contribution in [3.05, 3.63) is 0 Å². The van der Waals surface area contributed by atoms with Gasteiger partial charge < -0.3 is 15.7 Å². The standard InChI is InChI=1S/C17H28F3N3O3/c1-2-23(10-15(24)25)13-7-12(8-13)21-16(26)22-14-6-4-3-5-11(14)9-17(18,19)20/h11-14H,2-10H2,1H3,(H,24,25)(H2,21,22,26)/t11-,12?,13?,14-/m0/s1. The minimum atomic E-state index is -4.21. The maximum Gasteiger partial charge on any atom is 0.389 e. The number of carbonyl (C=O) groups is 2. The van der Waals surface area contributed by atoms with E-state index < -0.39 is 36.6 Å². The van der Waals surface area contributed by atoms with Gasteiger partial charge in [-0.15, -0.1) is 0 Å². The van der Waals surface area contributed by atoms with Crippen molar-refractivity contribution in [3.63, 3.8) is 0 Å². The van der Waals surface area contributed by atoms with Gasteiger partial charge in [-0.25, -0.2) is 4.79 Å². The van der Waals surface area contributed by atoms with Gasteiger partial charge in [0.05, 0.1) is 6.54 Å². The van der Waals surface area contributed by atoms with Crippen LogP contribution in [0.1, 0.15) is 51.9 Å². The average molecular weight is 379 g/mol. The molecule has 0 radical (unpaired) electrons. The fraction of sp³-hybridized carbons (Fsp3) is 0.882. The van der Waals surface area contributed by atoms with Crippen LogP contribution in [0.2, 0.25) is 0 Å². The number of hydrogen-bond donors (Lipinski definition) is 3. The van der Waals surface area contributed by atoms with E-state index in [-0.39, 0.29) is 18.6 Å². The Morgan fingerprint density at radius 1 is 1.15 bits per heavy atom. The highest BCUT2D eigenvalue weighted by Gasteiger charge is 2.38. The lowest BCUT2D eigenvalue weighted by Gasteiger charge is -2.42. The van der Waals surface area contributed by atoms with Crippen molar-refractivity contribution < 1.29 is 27.9 Å². The molecule has 2 aliphatic rings. The average Bonchev–Trinajstić information content (AvgIpc) is 2.49. The van der Waals surface area contributed by atoms with E-state index in [0.717, 1.165) is 12.8 Å². The first-order valence-electron chi connectivity index (χ1n) is 9.27. The van der Waals surface area contributed by atoms with Crippen molar-refractivity contribution in [2.45, 2.75) is 76.2 Å². The molecule has 2 amide bonds. The van der Waals surface area contributed by atoms with Gasteiger partial charge in [-0.05, 0) is 38.1 Å². The fourth-order valence-corrected chi connectivity index (χ4v) is 4.01. The number of aliphatic carboxylic acids is 1. The molecule has 6 nitrogen and oxygen atoms in total. The van der Waals surface area contributed by atoms with E-state index in [1.54, 1.807) is 0 Å². The minimum Gasteiger partial charge on any atom is -0.480 e. The number of carboxylic acid groups (broad SMARTS) is 1. The van der Waals surface area contributed by atoms with Gasteiger partial charge >= 0.3 is 18.2 Å². The summed E-state index contributed by atoms with van der Waals surface area (Å²) < 4.78 is 38.1. The molecule has 2 aliphatic carbocycles. The summed E-state index contributed by atoms with van der Waals surface area (Å²) in [6.45, 7) is 2.48. The zero-order valence-electron chi connectivity index (χ0n) is 15.0. The summed E-state index contributed by atoms with van der Waals surface area (Å²) in [5.41, 5.74) is 0. The molecule has 0 aliphatic heterocycles. The normalized spacial score (nSPS) is 29.1. The second-order valence-electron chi connectivity index (χ2n) is 7.37. The molecule has 2 fully saturated rings. The number of urea groups is 1. The van der Waals surface area contributed by atoms with Crippen molar-refractivity contribution in [1.29, 1.82) is 0 Å². The molecular weight excluding hydrogens is 351 g/mol. The van der Waals surface area contributed by atoms with Crippen LogP contribution in [-0.4, -0.2) is 59.4 Å². The van der Waals surface area contributed by atoms with E-state index in [9.17, 15) is 22.8 Å². The minimum absolute atomic E-state index is 0.0265. The zero-order valence-corrected chi connectivity index (χ0v) is 15.0. The summed E-state index contributed by atoms with van der Waals surface area (Å²) in [4.78, 5) is 24.8. The predicted molar refractivity (Wildman–Crippen MR) is 89.8 cm³/mol. The third-order valence-electron chi connectivity index (χ3n) is 5.43. The van der Waals surface area contributed by atoms with Gasteiger partial charge in [0.15, 0.2) is 0 Å². The van der Waals surface area contributed by atoms with Gasteiger partial charge in [-0.1, -0.05) is 19.8 Å². The van der Waals surface area contributed by atoms with E-state index in [2.05, 4.69) is 10.6 Å². The molecule has 0 aromatic carbocycles. The second kappa shape index (κ2) is 8.92. The number of hydrogen-bond acceptors (Lipinski definition) is 3. The lowest BCUT2D eigenvalue weighted by Crippen LogP contribution is -2.57. The molecule has 2 saturated carbocycles. The van der Waals surface area contributed by atoms with Crippen LogP contribution in [0.25, 0.3) is 0 Å². The van der Waals surface area contributed by atoms with E-state index in [0.29, 0.717) is 32.2 Å². The lowest BCUT2D eigenvalue weighted by molar-refractivity contribution is -0.148. The van der Waals surface area contributed by atoms with E-state index in [1.807, 2.05) is 11.8 Å². The van der Waals surface area contributed by atoms with Crippen LogP contribution in [0.5, 0.6) is 0 Å². The van der Waals surface area contributed by atoms with Crippen molar-refractivity contribution in [3.8, 4) is 0 Å². The van der Waals surface area contributed by atoms with Crippen LogP contribution in [-0.2, 0) is 4.79 Å². The number of nitrogens with one attached hydrogen (secondary N) is 2. The Bertz CT molecular complexity index is 495. The van der Waals surface area contributed by atoms with Crippen LogP contribution in [0.15, 0.2) is 0 Å². The van der Waals surface area contributed by atoms with Gasteiger partial charge in [0.1, 0.15) is 0 Å². The third-order valence-corrected chi connectivity index (χ3v) is 5.43. The summed E-state index contributed by atoms with van der Waals surface area (Å²) in [5, 5.41) is 14.4. The Morgan fingerprint density at radius 3 is 2.38 bits per heavy atom. The van der Waals surface area contributed by atoms with Gasteiger partial charge in [-0.2, -0.15) is 13.2 Å². The van der Waals surface area contributed by atoms with Gasteiger partial charge in [0.2, 0.25) is 0 Å². The van der Waals surface area contributed by atoms with Crippen molar-refractivity contribution in [2.75, 3.05) is 13.1 Å². The Kier molecular flexibility index (Phi) is 7.14. The lowest BCUT2D eigenvalue weighted by atomic mass is 9.82. The number of carboxylic acids is 1. The largest absolute Gasteiger partial charge is 0.480 e. The van der Waals surface area contributed by atoms with E-state index in [1.165, 1.54) is 0 Å². The summed E-state index contributed by atoms with van der Waals surface area (Å²) >= 11 is 0. The molecule has 9 heteroatoms. The molecule has 0 aromatic heterocycles. The Balaban J connectivity index is 1.75. The van der Waals surface area contributed by atoms with Gasteiger partial charge in [-0.3, -0.25) is 9.69 Å². The topological polar surface area (TPSA) is 81.7 Å². The summed E-state index contributed by atoms with van der Waals surface area (Å²) in [6.07, 6.45) is -1.11. The highest BCUT2D eigenvalue weighted by atomic mass is 19.4. The summed E-state index contributed by atoms with van der Waals surface area (Å²) in [6, 6.07) is -0.809. The molecule has 0 spiro atoms. The van der Waals surface area contributed by atoms with Gasteiger partial charge in [0, 0.05) is 24.5 Å². The van der Waals surface area contributed by atoms with Crippen LogP contribution < -0.4 is 10.6 Å². The Morgan fingerprint density at radius 2 is 1.81 bits per heavy atom. The van der Waals surface area contributed by atoms with Crippen LogP contribution in [0.4, 0.5) is 18.0 Å². The molecular formula is C17H28F3N3O3. The van der Waals surface area contributed by atoms with Gasteiger partial charge in [0.25, 0.3) is 0 Å². The summed E-state index contributed by atoms with van der Waals surface area (Å²) in [7, 11) is 0. The second-order valence-corrected chi connectivity index (χ2v) is 7.37. The molecule has 0 bridgehead atoms. The first kappa shape index (κ1) is 20.8. The molecule has 2 atom stereocenters. The van der Waals surface area contributed by atoms with Crippen LogP contribution in [0.3, 0.4) is 0 Å². The Hall–Kier alpha value is -1.51. The molecule has 0 heterocycles. The van der Waals surface area contributed by atoms with Crippen LogP contribution >= 0.6 is 0 Å². The highest BCUT2D eigenvalue weighted by Crippen LogP contribution is 2.34.